The molecule has 0 aliphatic heterocycles. The molecule has 33 heavy (non-hydrogen) atoms. The van der Waals surface area contributed by atoms with Gasteiger partial charge in [0, 0.05) is 16.1 Å². The smallest absolute Gasteiger partial charge is 0.377 e. The van der Waals surface area contributed by atoms with Crippen LogP contribution in [-0.4, -0.2) is 32.7 Å². The van der Waals surface area contributed by atoms with Gasteiger partial charge in [-0.3, -0.25) is 0 Å². The molecule has 0 spiro atoms. The second-order valence-electron chi connectivity index (χ2n) is 7.22. The van der Waals surface area contributed by atoms with Crippen molar-refractivity contribution in [2.75, 3.05) is 13.2 Å². The molecule has 0 aliphatic rings. The molecule has 4 rings (SSSR count). The van der Waals surface area contributed by atoms with E-state index in [4.69, 9.17) is 9.47 Å². The van der Waals surface area contributed by atoms with E-state index in [0.29, 0.717) is 40.2 Å². The number of nitro groups is 1. The molecule has 4 aromatic rings. The lowest BCUT2D eigenvalue weighted by molar-refractivity contribution is -0.390. The average Bonchev–Trinajstić information content (AvgIpc) is 3.34. The summed E-state index contributed by atoms with van der Waals surface area (Å²) in [5.41, 5.74) is 2.78. The number of benzene rings is 2. The molecule has 2 heterocycles. The van der Waals surface area contributed by atoms with Gasteiger partial charge in [-0.05, 0) is 60.3 Å². The fourth-order valence-corrected chi connectivity index (χ4v) is 4.79. The minimum absolute atomic E-state index is 0.160. The Hall–Kier alpha value is -2.98. The van der Waals surface area contributed by atoms with Crippen molar-refractivity contribution in [2.45, 2.75) is 33.6 Å². The minimum Gasteiger partial charge on any atom is -0.493 e. The van der Waals surface area contributed by atoms with Gasteiger partial charge < -0.3 is 19.6 Å². The first kappa shape index (κ1) is 23.2. The molecule has 0 fully saturated rings. The van der Waals surface area contributed by atoms with Crippen molar-refractivity contribution in [3.05, 3.63) is 56.5 Å². The van der Waals surface area contributed by atoms with E-state index in [1.165, 1.54) is 15.9 Å². The molecule has 172 valence electrons. The molecule has 0 radical (unpaired) electrons. The molecular weight excluding hydrogens is 508 g/mol. The summed E-state index contributed by atoms with van der Waals surface area (Å²) in [4.78, 5) is 16.5. The van der Waals surface area contributed by atoms with Crippen molar-refractivity contribution in [1.82, 2.24) is 14.6 Å². The van der Waals surface area contributed by atoms with E-state index in [9.17, 15) is 10.1 Å². The molecule has 2 aromatic carbocycles. The van der Waals surface area contributed by atoms with E-state index in [2.05, 4.69) is 32.9 Å². The van der Waals surface area contributed by atoms with Crippen molar-refractivity contribution >= 4 is 38.0 Å². The number of fused-ring (bicyclic) bond motifs is 1. The summed E-state index contributed by atoms with van der Waals surface area (Å²) in [6.45, 7) is 6.99. The fourth-order valence-electron chi connectivity index (χ4n) is 3.61. The second kappa shape index (κ2) is 9.88. The Morgan fingerprint density at radius 3 is 2.42 bits per heavy atom. The summed E-state index contributed by atoms with van der Waals surface area (Å²) < 4.78 is 13.9. The predicted octanol–water partition coefficient (Wildman–Crippen LogP) is 6.55. The molecule has 0 unspecified atom stereocenters. The number of rotatable bonds is 9. The molecular formula is C23H23BrN4O4S. The van der Waals surface area contributed by atoms with Crippen LogP contribution in [0.25, 0.3) is 26.8 Å². The zero-order chi connectivity index (χ0) is 23.5. The zero-order valence-corrected chi connectivity index (χ0v) is 20.9. The molecule has 0 aliphatic carbocycles. The third-order valence-corrected chi connectivity index (χ3v) is 6.45. The normalized spacial score (nSPS) is 11.2. The van der Waals surface area contributed by atoms with Gasteiger partial charge >= 0.3 is 10.8 Å². The molecule has 0 amide bonds. The number of aryl methyl sites for hydroxylation is 1. The lowest BCUT2D eigenvalue weighted by atomic mass is 10.0. The number of hydrogen-bond acceptors (Lipinski definition) is 7. The van der Waals surface area contributed by atoms with Gasteiger partial charge in [0.2, 0.25) is 0 Å². The van der Waals surface area contributed by atoms with Crippen LogP contribution in [0.5, 0.6) is 11.5 Å². The first-order chi connectivity index (χ1) is 16.0. The number of halogens is 1. The first-order valence-corrected chi connectivity index (χ1v) is 12.3. The Labute approximate surface area is 203 Å². The highest BCUT2D eigenvalue weighted by atomic mass is 79.9. The van der Waals surface area contributed by atoms with Crippen molar-refractivity contribution in [3.8, 4) is 33.3 Å². The molecule has 2 aromatic heterocycles. The van der Waals surface area contributed by atoms with E-state index < -0.39 is 4.92 Å². The summed E-state index contributed by atoms with van der Waals surface area (Å²) in [7, 11) is 0. The topological polar surface area (TPSA) is 91.8 Å². The van der Waals surface area contributed by atoms with E-state index in [1.807, 2.05) is 38.1 Å². The van der Waals surface area contributed by atoms with E-state index in [-0.39, 0.29) is 5.82 Å². The maximum absolute atomic E-state index is 12.0. The number of nitrogens with zero attached hydrogens (tertiary/aromatic N) is 4. The van der Waals surface area contributed by atoms with Crippen LogP contribution < -0.4 is 9.47 Å². The SMILES string of the molecule is CCCc1cc(-c2nn3c([N+](=O)[O-])c(-c4ccc(Br)cc4)nc3s2)c(OCC)cc1OCC. The monoisotopic (exact) mass is 530 g/mol. The molecule has 0 bridgehead atoms. The molecule has 0 saturated carbocycles. The standard InChI is InChI=1S/C23H23BrN4O4S/c1-4-7-15-12-17(19(32-6-3)13-18(15)31-5-2)21-26-27-22(28(29)30)20(25-23(27)33-21)14-8-10-16(24)11-9-14/h8-13H,4-7H2,1-3H3. The molecule has 10 heteroatoms. The Morgan fingerprint density at radius 2 is 1.79 bits per heavy atom. The fraction of sp³-hybridized carbons (Fsp3) is 0.304. The van der Waals surface area contributed by atoms with Gasteiger partial charge in [0.1, 0.15) is 11.5 Å². The Bertz CT molecular complexity index is 1300. The molecule has 0 atom stereocenters. The van der Waals surface area contributed by atoms with Crippen LogP contribution in [0.4, 0.5) is 5.82 Å². The summed E-state index contributed by atoms with van der Waals surface area (Å²) in [6, 6.07) is 11.1. The van der Waals surface area contributed by atoms with Gasteiger partial charge in [-0.1, -0.05) is 51.0 Å². The summed E-state index contributed by atoms with van der Waals surface area (Å²) in [5, 5.41) is 17.2. The maximum atomic E-state index is 12.0. The van der Waals surface area contributed by atoms with Gasteiger partial charge in [-0.15, -0.1) is 0 Å². The molecule has 8 nitrogen and oxygen atoms in total. The van der Waals surface area contributed by atoms with Gasteiger partial charge in [-0.2, -0.15) is 4.98 Å². The van der Waals surface area contributed by atoms with Crippen LogP contribution in [0.1, 0.15) is 32.8 Å². The number of hydrogen-bond donors (Lipinski definition) is 0. The number of imidazole rings is 1. The van der Waals surface area contributed by atoms with Crippen molar-refractivity contribution < 1.29 is 14.4 Å². The first-order valence-electron chi connectivity index (χ1n) is 10.7. The summed E-state index contributed by atoms with van der Waals surface area (Å²) in [5.74, 6) is 1.26. The Kier molecular flexibility index (Phi) is 6.94. The van der Waals surface area contributed by atoms with Gasteiger partial charge in [0.15, 0.2) is 10.7 Å². The van der Waals surface area contributed by atoms with Crippen LogP contribution in [0.15, 0.2) is 40.9 Å². The highest BCUT2D eigenvalue weighted by molar-refractivity contribution is 9.10. The van der Waals surface area contributed by atoms with E-state index in [0.717, 1.165) is 34.2 Å². The second-order valence-corrected chi connectivity index (χ2v) is 9.09. The molecule has 0 N–H and O–H groups in total. The van der Waals surface area contributed by atoms with Crippen LogP contribution >= 0.6 is 27.3 Å². The third-order valence-electron chi connectivity index (χ3n) is 4.98. The van der Waals surface area contributed by atoms with E-state index in [1.54, 1.807) is 12.1 Å². The van der Waals surface area contributed by atoms with Crippen molar-refractivity contribution in [1.29, 1.82) is 0 Å². The van der Waals surface area contributed by atoms with Crippen LogP contribution in [0.2, 0.25) is 0 Å². The van der Waals surface area contributed by atoms with Crippen molar-refractivity contribution in [2.24, 2.45) is 0 Å². The average molecular weight is 531 g/mol. The minimum atomic E-state index is -0.439. The zero-order valence-electron chi connectivity index (χ0n) is 18.5. The van der Waals surface area contributed by atoms with Gasteiger partial charge in [0.05, 0.1) is 18.8 Å². The van der Waals surface area contributed by atoms with Crippen LogP contribution in [0.3, 0.4) is 0 Å². The lowest BCUT2D eigenvalue weighted by Crippen LogP contribution is -2.01. The molecule has 0 saturated heterocycles. The third kappa shape index (κ3) is 4.58. The summed E-state index contributed by atoms with van der Waals surface area (Å²) >= 11 is 4.68. The lowest BCUT2D eigenvalue weighted by Gasteiger charge is -2.15. The maximum Gasteiger partial charge on any atom is 0.377 e. The van der Waals surface area contributed by atoms with Crippen LogP contribution in [0, 0.1) is 10.1 Å². The highest BCUT2D eigenvalue weighted by Crippen LogP contribution is 2.41. The van der Waals surface area contributed by atoms with E-state index >= 15 is 0 Å². The highest BCUT2D eigenvalue weighted by Gasteiger charge is 2.29. The quantitative estimate of drug-likeness (QED) is 0.180. The Morgan fingerprint density at radius 1 is 1.09 bits per heavy atom. The largest absolute Gasteiger partial charge is 0.493 e. The van der Waals surface area contributed by atoms with Gasteiger partial charge in [-0.25, -0.2) is 0 Å². The Balaban J connectivity index is 1.87. The van der Waals surface area contributed by atoms with Crippen molar-refractivity contribution in [3.63, 3.8) is 0 Å². The van der Waals surface area contributed by atoms with Crippen LogP contribution in [-0.2, 0) is 6.42 Å². The number of ether oxygens (including phenoxy) is 2. The number of aromatic nitrogens is 3. The predicted molar refractivity (Wildman–Crippen MR) is 132 cm³/mol. The van der Waals surface area contributed by atoms with Gasteiger partial charge in [0.25, 0.3) is 0 Å². The summed E-state index contributed by atoms with van der Waals surface area (Å²) in [6.07, 6.45) is 1.79.